The molecule has 110 valence electrons. The molecule has 0 aliphatic heterocycles. The van der Waals surface area contributed by atoms with Crippen LogP contribution >= 0.6 is 11.6 Å². The third kappa shape index (κ3) is 3.07. The highest BCUT2D eigenvalue weighted by molar-refractivity contribution is 6.30. The van der Waals surface area contributed by atoms with Crippen LogP contribution in [0.2, 0.25) is 5.02 Å². The summed E-state index contributed by atoms with van der Waals surface area (Å²) in [6, 6.07) is 11.5. The molecule has 0 amide bonds. The second-order valence-corrected chi connectivity index (χ2v) is 5.17. The number of nitrogens with one attached hydrogen (secondary N) is 1. The highest BCUT2D eigenvalue weighted by Gasteiger charge is 2.10. The molecule has 1 N–H and O–H groups in total. The summed E-state index contributed by atoms with van der Waals surface area (Å²) in [6.07, 6.45) is 5.32. The Morgan fingerprint density at radius 3 is 2.55 bits per heavy atom. The molecule has 0 spiro atoms. The minimum atomic E-state index is 0.654. The first-order valence-corrected chi connectivity index (χ1v) is 7.43. The SMILES string of the molecule is CCNc1nc(-c2cccnc2)ncc1-c1ccc(Cl)cc1. The van der Waals surface area contributed by atoms with Crippen LogP contribution in [0.4, 0.5) is 5.82 Å². The summed E-state index contributed by atoms with van der Waals surface area (Å²) in [4.78, 5) is 13.2. The lowest BCUT2D eigenvalue weighted by Crippen LogP contribution is -2.04. The smallest absolute Gasteiger partial charge is 0.163 e. The largest absolute Gasteiger partial charge is 0.370 e. The van der Waals surface area contributed by atoms with Crippen molar-refractivity contribution in [2.45, 2.75) is 6.92 Å². The van der Waals surface area contributed by atoms with Crippen molar-refractivity contribution in [3.05, 3.63) is 60.0 Å². The van der Waals surface area contributed by atoms with Gasteiger partial charge in [0.05, 0.1) is 0 Å². The van der Waals surface area contributed by atoms with Gasteiger partial charge in [0.15, 0.2) is 5.82 Å². The first-order valence-electron chi connectivity index (χ1n) is 7.05. The topological polar surface area (TPSA) is 50.7 Å². The second-order valence-electron chi connectivity index (χ2n) is 4.73. The summed E-state index contributed by atoms with van der Waals surface area (Å²) in [5.41, 5.74) is 2.87. The summed E-state index contributed by atoms with van der Waals surface area (Å²) in [6.45, 7) is 2.82. The standard InChI is InChI=1S/C17H15ClN4/c1-2-20-17-15(12-5-7-14(18)8-6-12)11-21-16(22-17)13-4-3-9-19-10-13/h3-11H,2H2,1H3,(H,20,21,22). The number of rotatable bonds is 4. The van der Waals surface area contributed by atoms with E-state index in [0.717, 1.165) is 29.1 Å². The lowest BCUT2D eigenvalue weighted by Gasteiger charge is -2.11. The maximum Gasteiger partial charge on any atom is 0.163 e. The Labute approximate surface area is 134 Å². The maximum absolute atomic E-state index is 5.95. The lowest BCUT2D eigenvalue weighted by atomic mass is 10.1. The van der Waals surface area contributed by atoms with Crippen LogP contribution in [0.15, 0.2) is 55.0 Å². The molecule has 2 heterocycles. The van der Waals surface area contributed by atoms with Crippen LogP contribution < -0.4 is 5.32 Å². The van der Waals surface area contributed by atoms with Crippen molar-refractivity contribution in [2.75, 3.05) is 11.9 Å². The fourth-order valence-corrected chi connectivity index (χ4v) is 2.28. The van der Waals surface area contributed by atoms with Crippen molar-refractivity contribution in [2.24, 2.45) is 0 Å². The van der Waals surface area contributed by atoms with Gasteiger partial charge < -0.3 is 5.32 Å². The Balaban J connectivity index is 2.06. The predicted molar refractivity (Wildman–Crippen MR) is 89.9 cm³/mol. The van der Waals surface area contributed by atoms with E-state index in [0.29, 0.717) is 10.8 Å². The number of hydrogen-bond acceptors (Lipinski definition) is 4. The molecule has 0 fully saturated rings. The Bertz CT molecular complexity index is 757. The van der Waals surface area contributed by atoms with Crippen molar-refractivity contribution in [3.63, 3.8) is 0 Å². The van der Waals surface area contributed by atoms with Gasteiger partial charge in [0, 0.05) is 41.3 Å². The first-order chi connectivity index (χ1) is 10.8. The van der Waals surface area contributed by atoms with E-state index in [1.807, 2.05) is 49.5 Å². The van der Waals surface area contributed by atoms with Gasteiger partial charge in [-0.25, -0.2) is 9.97 Å². The molecule has 1 aromatic carbocycles. The predicted octanol–water partition coefficient (Wildman–Crippen LogP) is 4.29. The first kappa shape index (κ1) is 14.5. The lowest BCUT2D eigenvalue weighted by molar-refractivity contribution is 1.11. The Morgan fingerprint density at radius 1 is 1.05 bits per heavy atom. The van der Waals surface area contributed by atoms with Crippen molar-refractivity contribution in [3.8, 4) is 22.5 Å². The molecule has 22 heavy (non-hydrogen) atoms. The van der Waals surface area contributed by atoms with Gasteiger partial charge >= 0.3 is 0 Å². The normalized spacial score (nSPS) is 10.5. The highest BCUT2D eigenvalue weighted by atomic mass is 35.5. The van der Waals surface area contributed by atoms with Gasteiger partial charge in [-0.15, -0.1) is 0 Å². The Morgan fingerprint density at radius 2 is 1.86 bits per heavy atom. The molecule has 0 atom stereocenters. The van der Waals surface area contributed by atoms with Gasteiger partial charge in [0.25, 0.3) is 0 Å². The third-order valence-electron chi connectivity index (χ3n) is 3.21. The second kappa shape index (κ2) is 6.54. The number of hydrogen-bond donors (Lipinski definition) is 1. The third-order valence-corrected chi connectivity index (χ3v) is 3.46. The summed E-state index contributed by atoms with van der Waals surface area (Å²) in [5.74, 6) is 1.46. The van der Waals surface area contributed by atoms with E-state index < -0.39 is 0 Å². The van der Waals surface area contributed by atoms with E-state index in [1.54, 1.807) is 12.4 Å². The average molecular weight is 311 g/mol. The minimum absolute atomic E-state index is 0.654. The van der Waals surface area contributed by atoms with Gasteiger partial charge in [-0.3, -0.25) is 4.98 Å². The van der Waals surface area contributed by atoms with E-state index in [1.165, 1.54) is 0 Å². The molecule has 3 rings (SSSR count). The van der Waals surface area contributed by atoms with Crippen LogP contribution in [-0.4, -0.2) is 21.5 Å². The molecular formula is C17H15ClN4. The summed E-state index contributed by atoms with van der Waals surface area (Å²) in [5, 5.41) is 4.00. The van der Waals surface area contributed by atoms with Gasteiger partial charge in [-0.1, -0.05) is 23.7 Å². The van der Waals surface area contributed by atoms with Crippen molar-refractivity contribution in [1.82, 2.24) is 15.0 Å². The monoisotopic (exact) mass is 310 g/mol. The summed E-state index contributed by atoms with van der Waals surface area (Å²) in [7, 11) is 0. The molecule has 5 heteroatoms. The molecule has 0 bridgehead atoms. The van der Waals surface area contributed by atoms with Crippen LogP contribution in [0.3, 0.4) is 0 Å². The number of nitrogens with zero attached hydrogens (tertiary/aromatic N) is 3. The molecule has 3 aromatic rings. The van der Waals surface area contributed by atoms with E-state index in [2.05, 4.69) is 20.3 Å². The van der Waals surface area contributed by atoms with Crippen LogP contribution in [0.5, 0.6) is 0 Å². The van der Waals surface area contributed by atoms with E-state index in [-0.39, 0.29) is 0 Å². The summed E-state index contributed by atoms with van der Waals surface area (Å²) >= 11 is 5.95. The fraction of sp³-hybridized carbons (Fsp3) is 0.118. The van der Waals surface area contributed by atoms with Crippen molar-refractivity contribution < 1.29 is 0 Å². The average Bonchev–Trinajstić information content (AvgIpc) is 2.57. The number of anilines is 1. The molecule has 2 aromatic heterocycles. The Hall–Kier alpha value is -2.46. The number of halogens is 1. The van der Waals surface area contributed by atoms with Gasteiger partial charge in [0.1, 0.15) is 5.82 Å². The van der Waals surface area contributed by atoms with Gasteiger partial charge in [-0.05, 0) is 36.8 Å². The molecule has 0 aliphatic carbocycles. The fourth-order valence-electron chi connectivity index (χ4n) is 2.16. The zero-order valence-electron chi connectivity index (χ0n) is 12.1. The van der Waals surface area contributed by atoms with E-state index in [9.17, 15) is 0 Å². The molecule has 0 saturated carbocycles. The van der Waals surface area contributed by atoms with Crippen molar-refractivity contribution in [1.29, 1.82) is 0 Å². The summed E-state index contributed by atoms with van der Waals surface area (Å²) < 4.78 is 0. The number of pyridine rings is 1. The van der Waals surface area contributed by atoms with Gasteiger partial charge in [-0.2, -0.15) is 0 Å². The van der Waals surface area contributed by atoms with E-state index in [4.69, 9.17) is 11.6 Å². The van der Waals surface area contributed by atoms with E-state index >= 15 is 0 Å². The zero-order valence-corrected chi connectivity index (χ0v) is 12.9. The van der Waals surface area contributed by atoms with Crippen LogP contribution in [-0.2, 0) is 0 Å². The molecule has 0 radical (unpaired) electrons. The van der Waals surface area contributed by atoms with Crippen LogP contribution in [0, 0.1) is 0 Å². The molecule has 4 nitrogen and oxygen atoms in total. The number of aromatic nitrogens is 3. The zero-order chi connectivity index (χ0) is 15.4. The minimum Gasteiger partial charge on any atom is -0.370 e. The van der Waals surface area contributed by atoms with Crippen LogP contribution in [0.1, 0.15) is 6.92 Å². The van der Waals surface area contributed by atoms with Crippen molar-refractivity contribution >= 4 is 17.4 Å². The quantitative estimate of drug-likeness (QED) is 0.781. The molecular weight excluding hydrogens is 296 g/mol. The van der Waals surface area contributed by atoms with Crippen LogP contribution in [0.25, 0.3) is 22.5 Å². The maximum atomic E-state index is 5.95. The molecule has 0 aliphatic rings. The number of benzene rings is 1. The molecule has 0 saturated heterocycles. The highest BCUT2D eigenvalue weighted by Crippen LogP contribution is 2.28. The molecule has 0 unspecified atom stereocenters. The Kier molecular flexibility index (Phi) is 4.30. The van der Waals surface area contributed by atoms with Gasteiger partial charge in [0.2, 0.25) is 0 Å².